The Morgan fingerprint density at radius 3 is 2.59 bits per heavy atom. The molecule has 0 atom stereocenters. The van der Waals surface area contributed by atoms with Crippen LogP contribution in [0.2, 0.25) is 0 Å². The second-order valence-electron chi connectivity index (χ2n) is 8.67. The van der Waals surface area contributed by atoms with E-state index >= 15 is 0 Å². The fourth-order valence-corrected chi connectivity index (χ4v) is 4.94. The molecule has 0 unspecified atom stereocenters. The van der Waals surface area contributed by atoms with Crippen molar-refractivity contribution < 1.29 is 14.3 Å². The first-order valence-electron chi connectivity index (χ1n) is 11.8. The first-order valence-corrected chi connectivity index (χ1v) is 12.8. The average Bonchev–Trinajstić information content (AvgIpc) is 2.92. The van der Waals surface area contributed by atoms with Gasteiger partial charge in [0.1, 0.15) is 5.75 Å². The molecule has 2 N–H and O–H groups in total. The van der Waals surface area contributed by atoms with Crippen LogP contribution in [0.15, 0.2) is 58.5 Å². The van der Waals surface area contributed by atoms with Crippen molar-refractivity contribution in [3.05, 3.63) is 75.9 Å². The third-order valence-electron chi connectivity index (χ3n) is 6.24. The predicted octanol–water partition coefficient (Wildman–Crippen LogP) is 4.49. The van der Waals surface area contributed by atoms with Gasteiger partial charge in [-0.2, -0.15) is 0 Å². The van der Waals surface area contributed by atoms with Gasteiger partial charge in [0.05, 0.1) is 19.4 Å². The minimum Gasteiger partial charge on any atom is -0.497 e. The molecular formula is C27H27N5O4S. The van der Waals surface area contributed by atoms with E-state index in [1.165, 1.54) is 11.8 Å². The van der Waals surface area contributed by atoms with Crippen LogP contribution >= 0.6 is 11.8 Å². The van der Waals surface area contributed by atoms with Gasteiger partial charge < -0.3 is 19.9 Å². The van der Waals surface area contributed by atoms with Gasteiger partial charge in [-0.25, -0.2) is 9.83 Å². The molecular weight excluding hydrogens is 490 g/mol. The van der Waals surface area contributed by atoms with E-state index in [4.69, 9.17) is 11.3 Å². The fourth-order valence-electron chi connectivity index (χ4n) is 4.13. The van der Waals surface area contributed by atoms with Crippen molar-refractivity contribution in [3.63, 3.8) is 0 Å². The summed E-state index contributed by atoms with van der Waals surface area (Å²) >= 11 is 1.35. The number of hydrogen-bond donors (Lipinski definition) is 2. The van der Waals surface area contributed by atoms with Gasteiger partial charge in [-0.15, -0.1) is 0 Å². The Morgan fingerprint density at radius 1 is 1.22 bits per heavy atom. The van der Waals surface area contributed by atoms with Gasteiger partial charge in [0.25, 0.3) is 11.2 Å². The molecule has 0 saturated carbocycles. The van der Waals surface area contributed by atoms with Gasteiger partial charge in [-0.05, 0) is 48.2 Å². The lowest BCUT2D eigenvalue weighted by molar-refractivity contribution is -0.132. The highest BCUT2D eigenvalue weighted by Gasteiger charge is 2.26. The molecule has 1 fully saturated rings. The summed E-state index contributed by atoms with van der Waals surface area (Å²) in [6.45, 7) is 10.2. The van der Waals surface area contributed by atoms with E-state index < -0.39 is 5.56 Å². The molecule has 190 valence electrons. The van der Waals surface area contributed by atoms with Crippen LogP contribution in [0.5, 0.6) is 5.75 Å². The minimum atomic E-state index is -0.488. The highest BCUT2D eigenvalue weighted by molar-refractivity contribution is 7.98. The van der Waals surface area contributed by atoms with Crippen molar-refractivity contribution in [2.24, 2.45) is 5.92 Å². The molecule has 0 spiro atoms. The highest BCUT2D eigenvalue weighted by atomic mass is 32.2. The molecule has 1 aromatic heterocycles. The topological polar surface area (TPSA) is 109 Å². The smallest absolute Gasteiger partial charge is 0.276 e. The molecule has 0 bridgehead atoms. The summed E-state index contributed by atoms with van der Waals surface area (Å²) in [6, 6.07) is 14.6. The second-order valence-corrected chi connectivity index (χ2v) is 9.63. The van der Waals surface area contributed by atoms with Gasteiger partial charge in [-0.1, -0.05) is 36.0 Å². The van der Waals surface area contributed by atoms with Crippen molar-refractivity contribution in [1.82, 2.24) is 14.9 Å². The predicted molar refractivity (Wildman–Crippen MR) is 143 cm³/mol. The SMILES string of the molecule is [C-]#[N+]c1c(-c2cccc(OC)c2)nc(SCc2ccc(NC(=O)C3CCN(C(C)=O)CC3)cc2)[nH]c1=O. The average molecular weight is 518 g/mol. The third kappa shape index (κ3) is 6.37. The maximum Gasteiger partial charge on any atom is 0.276 e. The van der Waals surface area contributed by atoms with E-state index in [1.807, 2.05) is 24.3 Å². The molecule has 10 heteroatoms. The molecule has 4 rings (SSSR count). The maximum atomic E-state index is 12.6. The molecule has 0 radical (unpaired) electrons. The Kier molecular flexibility index (Phi) is 8.25. The van der Waals surface area contributed by atoms with Crippen LogP contribution in [0.1, 0.15) is 25.3 Å². The standard InChI is InChI=1S/C27H27N5O4S/c1-17(33)32-13-11-19(12-14-32)25(34)29-21-9-7-18(8-10-21)16-37-27-30-23(24(28-2)26(35)31-27)20-5-4-6-22(15-20)36-3/h4-10,15,19H,11-14,16H2,1,3H3,(H,29,34)(H,30,31,35). The Hall–Kier alpha value is -4.10. The zero-order valence-electron chi connectivity index (χ0n) is 20.6. The van der Waals surface area contributed by atoms with Crippen molar-refractivity contribution in [2.45, 2.75) is 30.7 Å². The number of likely N-dealkylation sites (tertiary alicyclic amines) is 1. The van der Waals surface area contributed by atoms with Crippen molar-refractivity contribution in [3.8, 4) is 17.0 Å². The van der Waals surface area contributed by atoms with Crippen LogP contribution in [-0.2, 0) is 15.3 Å². The number of anilines is 1. The van der Waals surface area contributed by atoms with Crippen molar-refractivity contribution in [1.29, 1.82) is 0 Å². The number of amides is 2. The van der Waals surface area contributed by atoms with E-state index in [1.54, 1.807) is 43.2 Å². The first-order chi connectivity index (χ1) is 17.9. The van der Waals surface area contributed by atoms with Crippen molar-refractivity contribution in [2.75, 3.05) is 25.5 Å². The van der Waals surface area contributed by atoms with E-state index in [9.17, 15) is 14.4 Å². The summed E-state index contributed by atoms with van der Waals surface area (Å²) in [4.78, 5) is 49.0. The number of rotatable bonds is 7. The number of ether oxygens (including phenoxy) is 1. The quantitative estimate of drug-likeness (QED) is 0.272. The summed E-state index contributed by atoms with van der Waals surface area (Å²) in [5.74, 6) is 1.06. The highest BCUT2D eigenvalue weighted by Crippen LogP contribution is 2.30. The lowest BCUT2D eigenvalue weighted by Gasteiger charge is -2.30. The summed E-state index contributed by atoms with van der Waals surface area (Å²) in [7, 11) is 1.55. The molecule has 37 heavy (non-hydrogen) atoms. The lowest BCUT2D eigenvalue weighted by Crippen LogP contribution is -2.40. The number of aromatic amines is 1. The zero-order chi connectivity index (χ0) is 26.4. The zero-order valence-corrected chi connectivity index (χ0v) is 21.4. The van der Waals surface area contributed by atoms with E-state index in [2.05, 4.69) is 20.1 Å². The molecule has 2 heterocycles. The number of thioether (sulfide) groups is 1. The fraction of sp³-hybridized carbons (Fsp3) is 0.296. The van der Waals surface area contributed by atoms with Crippen LogP contribution < -0.4 is 15.6 Å². The number of aromatic nitrogens is 2. The molecule has 9 nitrogen and oxygen atoms in total. The number of carbonyl (C=O) groups is 2. The number of nitrogens with zero attached hydrogens (tertiary/aromatic N) is 3. The first kappa shape index (κ1) is 26.0. The number of benzene rings is 2. The maximum absolute atomic E-state index is 12.6. The monoisotopic (exact) mass is 517 g/mol. The normalized spacial score (nSPS) is 13.6. The van der Waals surface area contributed by atoms with Crippen LogP contribution in [0.4, 0.5) is 11.4 Å². The van der Waals surface area contributed by atoms with Crippen LogP contribution in [-0.4, -0.2) is 46.9 Å². The Morgan fingerprint density at radius 2 is 1.95 bits per heavy atom. The van der Waals surface area contributed by atoms with E-state index in [0.717, 1.165) is 5.56 Å². The Balaban J connectivity index is 1.39. The van der Waals surface area contributed by atoms with Crippen molar-refractivity contribution >= 4 is 35.0 Å². The summed E-state index contributed by atoms with van der Waals surface area (Å²) in [6.07, 6.45) is 1.32. The number of H-pyrrole nitrogens is 1. The third-order valence-corrected chi connectivity index (χ3v) is 7.18. The number of piperidine rings is 1. The van der Waals surface area contributed by atoms with Gasteiger partial charge in [0, 0.05) is 37.4 Å². The number of methoxy groups -OCH3 is 1. The molecule has 2 amide bonds. The van der Waals surface area contributed by atoms with Gasteiger partial charge in [0.2, 0.25) is 11.8 Å². The largest absolute Gasteiger partial charge is 0.497 e. The summed E-state index contributed by atoms with van der Waals surface area (Å²) < 4.78 is 5.26. The molecule has 0 aliphatic carbocycles. The minimum absolute atomic E-state index is 0.0305. The molecule has 3 aromatic rings. The van der Waals surface area contributed by atoms with Gasteiger partial charge >= 0.3 is 0 Å². The van der Waals surface area contributed by atoms with Gasteiger partial charge in [-0.3, -0.25) is 14.4 Å². The van der Waals surface area contributed by atoms with Crippen LogP contribution in [0, 0.1) is 12.5 Å². The molecule has 2 aromatic carbocycles. The molecule has 1 saturated heterocycles. The lowest BCUT2D eigenvalue weighted by atomic mass is 9.96. The number of hydrogen-bond acceptors (Lipinski definition) is 6. The Labute approximate surface area is 219 Å². The summed E-state index contributed by atoms with van der Waals surface area (Å²) in [5, 5.41) is 3.37. The van der Waals surface area contributed by atoms with Gasteiger partial charge in [0.15, 0.2) is 5.16 Å². The summed E-state index contributed by atoms with van der Waals surface area (Å²) in [5.41, 5.74) is 2.08. The number of nitrogens with one attached hydrogen (secondary N) is 2. The molecule has 1 aliphatic heterocycles. The number of carbonyl (C=O) groups excluding carboxylic acids is 2. The van der Waals surface area contributed by atoms with Crippen LogP contribution in [0.25, 0.3) is 16.1 Å². The van der Waals surface area contributed by atoms with Crippen LogP contribution in [0.3, 0.4) is 0 Å². The Bertz CT molecular complexity index is 1390. The van der Waals surface area contributed by atoms with E-state index in [0.29, 0.717) is 59.5 Å². The second kappa shape index (κ2) is 11.8. The molecule has 1 aliphatic rings. The van der Waals surface area contributed by atoms with E-state index in [-0.39, 0.29) is 23.4 Å².